The molecule has 2 amide bonds. The van der Waals surface area contributed by atoms with Gasteiger partial charge in [0, 0.05) is 5.92 Å². The van der Waals surface area contributed by atoms with Gasteiger partial charge in [-0.2, -0.15) is 0 Å². The number of allylic oxidation sites excluding steroid dienone is 2. The Labute approximate surface area is 261 Å². The Morgan fingerprint density at radius 1 is 1.04 bits per heavy atom. The number of hydrogen-bond donors (Lipinski definition) is 5. The summed E-state index contributed by atoms with van der Waals surface area (Å²) in [6.45, 7) is 1.56. The Morgan fingerprint density at radius 3 is 2.47 bits per heavy atom. The zero-order valence-electron chi connectivity index (χ0n) is 25.0. The number of hydrogen-bond acceptors (Lipinski definition) is 7. The second-order valence-corrected chi connectivity index (χ2v) is 11.7. The Balaban J connectivity index is 1.45. The number of phenols is 1. The third-order valence-electron chi connectivity index (χ3n) is 8.86. The number of aliphatic hydroxyl groups excluding tert-OH is 2. The van der Waals surface area contributed by atoms with Gasteiger partial charge in [-0.15, -0.1) is 0 Å². The first-order chi connectivity index (χ1) is 21.6. The molecular weight excluding hydrogens is 576 g/mol. The predicted molar refractivity (Wildman–Crippen MR) is 170 cm³/mol. The van der Waals surface area contributed by atoms with Crippen LogP contribution in [0.2, 0.25) is 0 Å². The van der Waals surface area contributed by atoms with E-state index in [9.17, 15) is 39.3 Å². The molecule has 0 unspecified atom stereocenters. The highest BCUT2D eigenvalue weighted by Crippen LogP contribution is 2.48. The Morgan fingerprint density at radius 2 is 1.80 bits per heavy atom. The maximum Gasteiger partial charge on any atom is 0.488 e. The van der Waals surface area contributed by atoms with Gasteiger partial charge in [0.25, 0.3) is 0 Å². The minimum Gasteiger partial charge on any atom is -0.505 e. The minimum absolute atomic E-state index is 0.139. The zero-order chi connectivity index (χ0) is 32.2. The molecule has 8 nitrogen and oxygen atoms in total. The van der Waals surface area contributed by atoms with Gasteiger partial charge in [-0.3, -0.25) is 14.5 Å². The number of rotatable bonds is 11. The summed E-state index contributed by atoms with van der Waals surface area (Å²) in [7, 11) is -1.77. The molecule has 10 heteroatoms. The molecule has 1 saturated heterocycles. The van der Waals surface area contributed by atoms with Crippen molar-refractivity contribution in [2.75, 3.05) is 11.5 Å². The second-order valence-electron chi connectivity index (χ2n) is 11.7. The molecule has 1 aliphatic heterocycles. The van der Waals surface area contributed by atoms with E-state index in [0.717, 1.165) is 28.0 Å². The van der Waals surface area contributed by atoms with Crippen molar-refractivity contribution in [3.8, 4) is 5.75 Å². The minimum atomic E-state index is -1.77. The second kappa shape index (κ2) is 13.9. The highest BCUT2D eigenvalue weighted by molar-refractivity contribution is 6.58. The van der Waals surface area contributed by atoms with E-state index in [-0.39, 0.29) is 24.0 Å². The van der Waals surface area contributed by atoms with Gasteiger partial charge in [0.2, 0.25) is 11.8 Å². The van der Waals surface area contributed by atoms with Crippen molar-refractivity contribution in [3.05, 3.63) is 101 Å². The zero-order valence-corrected chi connectivity index (χ0v) is 25.0. The number of halogens is 1. The van der Waals surface area contributed by atoms with Crippen LogP contribution in [-0.2, 0) is 9.59 Å². The summed E-state index contributed by atoms with van der Waals surface area (Å²) in [5, 5.41) is 51.3. The molecule has 0 saturated carbocycles. The van der Waals surface area contributed by atoms with Crippen molar-refractivity contribution in [2.45, 2.75) is 45.1 Å². The Hall–Kier alpha value is -4.09. The average molecular weight is 613 g/mol. The summed E-state index contributed by atoms with van der Waals surface area (Å²) in [6, 6.07) is 19.6. The van der Waals surface area contributed by atoms with Crippen LogP contribution in [0.15, 0.2) is 83.9 Å². The number of nitrogens with zero attached hydrogens (tertiary/aromatic N) is 1. The maximum absolute atomic E-state index is 14.1. The average Bonchev–Trinajstić information content (AvgIpc) is 3.29. The van der Waals surface area contributed by atoms with Crippen molar-refractivity contribution in [1.29, 1.82) is 0 Å². The smallest absolute Gasteiger partial charge is 0.488 e. The van der Waals surface area contributed by atoms with E-state index in [0.29, 0.717) is 24.0 Å². The lowest BCUT2D eigenvalue weighted by molar-refractivity contribution is -0.123. The molecule has 45 heavy (non-hydrogen) atoms. The number of imide groups is 1. The van der Waals surface area contributed by atoms with Crippen LogP contribution in [0.25, 0.3) is 11.6 Å². The molecule has 0 bridgehead atoms. The van der Waals surface area contributed by atoms with Crippen molar-refractivity contribution in [1.82, 2.24) is 0 Å². The lowest BCUT2D eigenvalue weighted by atomic mass is 9.67. The van der Waals surface area contributed by atoms with Crippen LogP contribution >= 0.6 is 0 Å². The van der Waals surface area contributed by atoms with E-state index in [1.807, 2.05) is 37.3 Å². The number of aliphatic hydroxyl groups is 2. The van der Waals surface area contributed by atoms with E-state index >= 15 is 0 Å². The fraction of sp³-hybridized carbons (Fsp3) is 0.314. The summed E-state index contributed by atoms with van der Waals surface area (Å²) < 4.78 is 14.1. The van der Waals surface area contributed by atoms with Crippen LogP contribution in [0, 0.1) is 23.6 Å². The van der Waals surface area contributed by atoms with Gasteiger partial charge >= 0.3 is 7.12 Å². The monoisotopic (exact) mass is 613 g/mol. The molecule has 234 valence electrons. The first-order valence-corrected chi connectivity index (χ1v) is 15.2. The Kier molecular flexibility index (Phi) is 9.99. The lowest BCUT2D eigenvalue weighted by Gasteiger charge is -2.36. The van der Waals surface area contributed by atoms with E-state index in [4.69, 9.17) is 0 Å². The van der Waals surface area contributed by atoms with Crippen molar-refractivity contribution < 1.29 is 39.3 Å². The van der Waals surface area contributed by atoms with Gasteiger partial charge in [-0.05, 0) is 77.7 Å². The number of carbonyl (C=O) groups is 2. The van der Waals surface area contributed by atoms with Crippen molar-refractivity contribution in [3.63, 3.8) is 0 Å². The fourth-order valence-corrected chi connectivity index (χ4v) is 6.79. The molecule has 4 atom stereocenters. The van der Waals surface area contributed by atoms with Crippen LogP contribution < -0.4 is 10.4 Å². The summed E-state index contributed by atoms with van der Waals surface area (Å²) in [5.74, 6) is -4.44. The number of carbonyl (C=O) groups excluding carboxylic acids is 2. The normalized spacial score (nSPS) is 20.9. The number of phenolic OH excluding ortho intramolecular Hbond substituents is 1. The summed E-state index contributed by atoms with van der Waals surface area (Å²) >= 11 is 0. The maximum atomic E-state index is 14.1. The highest BCUT2D eigenvalue weighted by Gasteiger charge is 2.55. The molecule has 1 fully saturated rings. The molecule has 5 rings (SSSR count). The van der Waals surface area contributed by atoms with Gasteiger partial charge in [0.05, 0.1) is 30.2 Å². The van der Waals surface area contributed by atoms with E-state index in [2.05, 4.69) is 0 Å². The van der Waals surface area contributed by atoms with Crippen LogP contribution in [0.3, 0.4) is 0 Å². The number of benzene rings is 3. The van der Waals surface area contributed by atoms with Gasteiger partial charge in [0.15, 0.2) is 11.6 Å². The van der Waals surface area contributed by atoms with E-state index < -0.39 is 61.0 Å². The van der Waals surface area contributed by atoms with Crippen LogP contribution in [0.4, 0.5) is 10.1 Å². The van der Waals surface area contributed by atoms with Crippen LogP contribution in [-0.4, -0.2) is 57.0 Å². The molecule has 0 spiro atoms. The van der Waals surface area contributed by atoms with Gasteiger partial charge < -0.3 is 25.4 Å². The quantitative estimate of drug-likeness (QED) is 0.0960. The molecule has 2 aliphatic rings. The third-order valence-corrected chi connectivity index (χ3v) is 8.86. The highest BCUT2D eigenvalue weighted by atomic mass is 19.1. The molecule has 0 radical (unpaired) electrons. The Bertz CT molecular complexity index is 1620. The number of amides is 2. The van der Waals surface area contributed by atoms with Crippen LogP contribution in [0.5, 0.6) is 5.75 Å². The summed E-state index contributed by atoms with van der Waals surface area (Å²) in [5.41, 5.74) is 4.07. The van der Waals surface area contributed by atoms with Crippen LogP contribution in [0.1, 0.15) is 50.2 Å². The molecule has 3 aromatic carbocycles. The lowest BCUT2D eigenvalue weighted by Crippen LogP contribution is -2.39. The fourth-order valence-electron chi connectivity index (χ4n) is 6.79. The van der Waals surface area contributed by atoms with Gasteiger partial charge in [-0.1, -0.05) is 73.5 Å². The van der Waals surface area contributed by atoms with E-state index in [1.54, 1.807) is 18.2 Å². The first-order valence-electron chi connectivity index (χ1n) is 15.2. The van der Waals surface area contributed by atoms with Gasteiger partial charge in [0.1, 0.15) is 0 Å². The first kappa shape index (κ1) is 32.3. The SMILES string of the molecule is CCCC1=C([C@H](O)CC/C(=C/c2ccc(O)c(F)c2)c2ccccc2)[C@H](CO)[C@@H]2C(=O)N(c3cccc(B(O)O)c3)C(=O)[C@@H]2C1. The van der Waals surface area contributed by atoms with Crippen molar-refractivity contribution in [2.24, 2.45) is 17.8 Å². The molecular formula is C35H37BFNO7. The van der Waals surface area contributed by atoms with Gasteiger partial charge in [-0.25, -0.2) is 4.39 Å². The molecule has 1 aliphatic carbocycles. The number of aromatic hydroxyl groups is 1. The number of fused-ring (bicyclic) bond motifs is 1. The third kappa shape index (κ3) is 6.65. The molecule has 3 aromatic rings. The van der Waals surface area contributed by atoms with E-state index in [1.165, 1.54) is 30.3 Å². The largest absolute Gasteiger partial charge is 0.505 e. The van der Waals surface area contributed by atoms with Crippen molar-refractivity contribution >= 4 is 41.7 Å². The topological polar surface area (TPSA) is 139 Å². The molecule has 5 N–H and O–H groups in total. The summed E-state index contributed by atoms with van der Waals surface area (Å²) in [4.78, 5) is 28.6. The number of anilines is 1. The molecule has 0 aromatic heterocycles. The molecule has 1 heterocycles. The summed E-state index contributed by atoms with van der Waals surface area (Å²) in [6.07, 6.45) is 3.04. The standard InChI is InChI=1S/C35H37BFNO7/c1-2-7-24-18-27-33(35(43)38(34(27)42)26-11-6-10-25(19-26)36(44)45)28(20-39)32(24)31(41)15-13-23(22-8-4-3-5-9-22)16-21-12-14-30(40)29(37)17-21/h3-6,8-12,14,16-17,19,27-28,31,33,39-41,44-45H,2,7,13,15,18,20H2,1H3/b23-16-/t27-,28+,31-,33-/m1/s1. The predicted octanol–water partition coefficient (Wildman–Crippen LogP) is 3.81.